The number of nitrogens with one attached hydrogen (secondary N) is 1. The Bertz CT molecular complexity index is 1190. The molecule has 67 heavy (non-hydrogen) atoms. The standard InChI is InChI=1S/C51H99NO15/c1-4-5-6-7-8-9-10-11-12-13-14-15-16-17-18-23-26-29-32-39(56)49(63)52-37(42(57)38(55)31-28-25-22-20-19-21-24-27-30-36(2)3)35-64-50-47(62)45(60)48(41(34-54)66-50)67-51-46(61)44(59)43(58)40(33-53)65-51/h36-48,50-51,53-62H,4-35H2,1-3H3,(H,52,63)/t37-,38+,39+,40+,41+,42-,43-,44-,45+,46+,47+,48+,50+,51-/m0/s1. The van der Waals surface area contributed by atoms with Gasteiger partial charge in [0.2, 0.25) is 5.91 Å². The van der Waals surface area contributed by atoms with Crippen LogP contribution < -0.4 is 5.32 Å². The van der Waals surface area contributed by atoms with E-state index in [-0.39, 0.29) is 12.8 Å². The number of rotatable bonds is 41. The lowest BCUT2D eigenvalue weighted by Crippen LogP contribution is -2.65. The fourth-order valence-corrected chi connectivity index (χ4v) is 9.17. The lowest BCUT2D eigenvalue weighted by atomic mass is 9.97. The van der Waals surface area contributed by atoms with Crippen molar-refractivity contribution in [2.24, 2.45) is 5.92 Å². The minimum Gasteiger partial charge on any atom is -0.394 e. The van der Waals surface area contributed by atoms with Crippen LogP contribution in [-0.2, 0) is 23.7 Å². The van der Waals surface area contributed by atoms with Crippen molar-refractivity contribution in [3.8, 4) is 0 Å². The Morgan fingerprint density at radius 1 is 0.522 bits per heavy atom. The Morgan fingerprint density at radius 3 is 1.40 bits per heavy atom. The smallest absolute Gasteiger partial charge is 0.249 e. The number of aliphatic hydroxyl groups excluding tert-OH is 10. The zero-order valence-electron chi connectivity index (χ0n) is 41.8. The second-order valence-electron chi connectivity index (χ2n) is 20.1. The zero-order chi connectivity index (χ0) is 49.4. The van der Waals surface area contributed by atoms with Crippen LogP contribution in [0.25, 0.3) is 0 Å². The quantitative estimate of drug-likeness (QED) is 0.0353. The molecule has 14 atom stereocenters. The van der Waals surface area contributed by atoms with Gasteiger partial charge in [0.1, 0.15) is 61.0 Å². The number of hydrogen-bond acceptors (Lipinski definition) is 15. The first-order chi connectivity index (χ1) is 32.3. The number of unbranched alkanes of at least 4 members (excludes halogenated alkanes) is 24. The van der Waals surface area contributed by atoms with Gasteiger partial charge in [-0.1, -0.05) is 194 Å². The molecule has 398 valence electrons. The molecule has 0 aromatic heterocycles. The van der Waals surface area contributed by atoms with Crippen LogP contribution in [0.5, 0.6) is 0 Å². The summed E-state index contributed by atoms with van der Waals surface area (Å²) in [6.07, 6.45) is 11.4. The van der Waals surface area contributed by atoms with Gasteiger partial charge in [0.15, 0.2) is 12.6 Å². The molecule has 0 saturated carbocycles. The molecule has 16 heteroatoms. The highest BCUT2D eigenvalue weighted by Gasteiger charge is 2.51. The lowest BCUT2D eigenvalue weighted by molar-refractivity contribution is -0.359. The van der Waals surface area contributed by atoms with Crippen LogP contribution in [0.3, 0.4) is 0 Å². The van der Waals surface area contributed by atoms with Crippen molar-refractivity contribution in [2.45, 2.75) is 293 Å². The molecule has 0 aromatic carbocycles. The molecule has 0 spiro atoms. The monoisotopic (exact) mass is 966 g/mol. The maximum atomic E-state index is 13.3. The number of aliphatic hydroxyl groups is 10. The minimum absolute atomic E-state index is 0.208. The van der Waals surface area contributed by atoms with Gasteiger partial charge < -0.3 is 75.3 Å². The second-order valence-corrected chi connectivity index (χ2v) is 20.1. The van der Waals surface area contributed by atoms with E-state index >= 15 is 0 Å². The van der Waals surface area contributed by atoms with Crippen molar-refractivity contribution >= 4 is 5.91 Å². The molecule has 2 fully saturated rings. The van der Waals surface area contributed by atoms with Gasteiger partial charge in [-0.3, -0.25) is 4.79 Å². The molecule has 0 aromatic rings. The summed E-state index contributed by atoms with van der Waals surface area (Å²) in [5, 5.41) is 109. The third kappa shape index (κ3) is 25.2. The average molecular weight is 966 g/mol. The topological polar surface area (TPSA) is 268 Å². The van der Waals surface area contributed by atoms with Crippen LogP contribution >= 0.6 is 0 Å². The SMILES string of the molecule is CCCCCCCCCCCCCCCCCCCC[C@@H](O)C(=O)N[C@@H](CO[C@@H]1O[C@H](CO)[C@@H](O[C@@H]2O[C@H](CO)[C@H](O)[C@H](O)[C@H]2O)[C@H](O)[C@H]1O)[C@H](O)[C@H](O)CCCCCCCCCCC(C)C. The predicted molar refractivity (Wildman–Crippen MR) is 257 cm³/mol. The number of amides is 1. The van der Waals surface area contributed by atoms with Gasteiger partial charge in [0.05, 0.1) is 32.0 Å². The van der Waals surface area contributed by atoms with E-state index in [1.807, 2.05) is 0 Å². The maximum absolute atomic E-state index is 13.3. The first kappa shape index (κ1) is 62.0. The largest absolute Gasteiger partial charge is 0.394 e. The van der Waals surface area contributed by atoms with E-state index < -0.39 is 111 Å². The summed E-state index contributed by atoms with van der Waals surface area (Å²) in [6, 6.07) is -1.27. The van der Waals surface area contributed by atoms with E-state index in [0.29, 0.717) is 12.8 Å². The molecule has 0 unspecified atom stereocenters. The maximum Gasteiger partial charge on any atom is 0.249 e. The number of ether oxygens (including phenoxy) is 4. The molecular formula is C51H99NO15. The molecule has 0 bridgehead atoms. The summed E-state index contributed by atoms with van der Waals surface area (Å²) in [5.74, 6) is -0.0383. The lowest BCUT2D eigenvalue weighted by Gasteiger charge is -2.46. The van der Waals surface area contributed by atoms with E-state index in [9.17, 15) is 55.9 Å². The highest BCUT2D eigenvalue weighted by molar-refractivity contribution is 5.80. The van der Waals surface area contributed by atoms with Crippen molar-refractivity contribution in [3.63, 3.8) is 0 Å². The normalized spacial score (nSPS) is 27.6. The van der Waals surface area contributed by atoms with Gasteiger partial charge in [-0.2, -0.15) is 0 Å². The molecule has 2 aliphatic heterocycles. The molecule has 0 aliphatic carbocycles. The zero-order valence-corrected chi connectivity index (χ0v) is 41.8. The molecule has 11 N–H and O–H groups in total. The van der Waals surface area contributed by atoms with Crippen LogP contribution in [-0.4, -0.2) is 163 Å². The highest BCUT2D eigenvalue weighted by atomic mass is 16.7. The van der Waals surface area contributed by atoms with Gasteiger partial charge in [0, 0.05) is 0 Å². The number of carbonyl (C=O) groups is 1. The van der Waals surface area contributed by atoms with Crippen molar-refractivity contribution in [2.75, 3.05) is 19.8 Å². The second kappa shape index (κ2) is 37.7. The first-order valence-corrected chi connectivity index (χ1v) is 26.8. The van der Waals surface area contributed by atoms with Crippen molar-refractivity contribution in [3.05, 3.63) is 0 Å². The Kier molecular flexibility index (Phi) is 34.9. The summed E-state index contributed by atoms with van der Waals surface area (Å²) in [6.45, 7) is 4.69. The van der Waals surface area contributed by atoms with E-state index in [4.69, 9.17) is 18.9 Å². The Hall–Kier alpha value is -1.09. The average Bonchev–Trinajstić information content (AvgIpc) is 3.31. The minimum atomic E-state index is -1.85. The summed E-state index contributed by atoms with van der Waals surface area (Å²) >= 11 is 0. The van der Waals surface area contributed by atoms with Gasteiger partial charge >= 0.3 is 0 Å². The molecular weight excluding hydrogens is 867 g/mol. The van der Waals surface area contributed by atoms with Crippen LogP contribution in [0.15, 0.2) is 0 Å². The molecule has 2 rings (SSSR count). The predicted octanol–water partition coefficient (Wildman–Crippen LogP) is 5.18. The summed E-state index contributed by atoms with van der Waals surface area (Å²) < 4.78 is 22.5. The van der Waals surface area contributed by atoms with Gasteiger partial charge in [-0.25, -0.2) is 0 Å². The van der Waals surface area contributed by atoms with Crippen molar-refractivity contribution in [1.82, 2.24) is 5.32 Å². The van der Waals surface area contributed by atoms with Crippen LogP contribution in [0, 0.1) is 5.92 Å². The molecule has 0 radical (unpaired) electrons. The summed E-state index contributed by atoms with van der Waals surface area (Å²) in [4.78, 5) is 13.3. The fraction of sp³-hybridized carbons (Fsp3) is 0.980. The molecule has 2 aliphatic rings. The highest BCUT2D eigenvalue weighted by Crippen LogP contribution is 2.30. The fourth-order valence-electron chi connectivity index (χ4n) is 9.17. The third-order valence-corrected chi connectivity index (χ3v) is 13.7. The summed E-state index contributed by atoms with van der Waals surface area (Å²) in [7, 11) is 0. The summed E-state index contributed by atoms with van der Waals surface area (Å²) in [5.41, 5.74) is 0. The van der Waals surface area contributed by atoms with Crippen LogP contribution in [0.2, 0.25) is 0 Å². The Morgan fingerprint density at radius 2 is 0.940 bits per heavy atom. The molecule has 2 saturated heterocycles. The van der Waals surface area contributed by atoms with Crippen LogP contribution in [0.4, 0.5) is 0 Å². The third-order valence-electron chi connectivity index (χ3n) is 13.7. The molecule has 16 nitrogen and oxygen atoms in total. The van der Waals surface area contributed by atoms with E-state index in [0.717, 1.165) is 50.9 Å². The molecule has 2 heterocycles. The van der Waals surface area contributed by atoms with Crippen molar-refractivity contribution < 1.29 is 74.8 Å². The van der Waals surface area contributed by atoms with Gasteiger partial charge in [0.25, 0.3) is 0 Å². The van der Waals surface area contributed by atoms with E-state index in [2.05, 4.69) is 26.1 Å². The number of hydrogen-bond donors (Lipinski definition) is 11. The Labute approximate surface area is 403 Å². The van der Waals surface area contributed by atoms with E-state index in [1.165, 1.54) is 116 Å². The van der Waals surface area contributed by atoms with Gasteiger partial charge in [-0.15, -0.1) is 0 Å². The molecule has 1 amide bonds. The number of carbonyl (C=O) groups excluding carboxylic acids is 1. The van der Waals surface area contributed by atoms with Crippen molar-refractivity contribution in [1.29, 1.82) is 0 Å². The first-order valence-electron chi connectivity index (χ1n) is 26.8. The van der Waals surface area contributed by atoms with E-state index in [1.54, 1.807) is 0 Å². The van der Waals surface area contributed by atoms with Crippen LogP contribution in [0.1, 0.15) is 207 Å². The van der Waals surface area contributed by atoms with Gasteiger partial charge in [-0.05, 0) is 18.8 Å². The Balaban J connectivity index is 1.87.